The summed E-state index contributed by atoms with van der Waals surface area (Å²) in [5.74, 6) is 0.741. The van der Waals surface area contributed by atoms with Gasteiger partial charge in [0, 0.05) is 19.8 Å². The standard InChI is InChI=1S/C7H15NO/c1-9-5-6-2-3-7(8)4-6/h6-7H,2-5,8H2,1H3/t6-,7-/m0/s1. The van der Waals surface area contributed by atoms with Gasteiger partial charge in [-0.1, -0.05) is 0 Å². The zero-order valence-corrected chi connectivity index (χ0v) is 5.97. The van der Waals surface area contributed by atoms with E-state index in [2.05, 4.69) is 0 Å². The van der Waals surface area contributed by atoms with Crippen molar-refractivity contribution in [2.24, 2.45) is 11.7 Å². The molecule has 54 valence electrons. The first-order valence-electron chi connectivity index (χ1n) is 3.57. The summed E-state index contributed by atoms with van der Waals surface area (Å²) in [4.78, 5) is 0. The predicted molar refractivity (Wildman–Crippen MR) is 37.2 cm³/mol. The van der Waals surface area contributed by atoms with Crippen molar-refractivity contribution in [3.8, 4) is 0 Å². The topological polar surface area (TPSA) is 35.2 Å². The van der Waals surface area contributed by atoms with Crippen molar-refractivity contribution < 1.29 is 4.74 Å². The Morgan fingerprint density at radius 1 is 1.56 bits per heavy atom. The molecule has 2 atom stereocenters. The van der Waals surface area contributed by atoms with Crippen molar-refractivity contribution in [1.82, 2.24) is 0 Å². The molecular weight excluding hydrogens is 114 g/mol. The average Bonchev–Trinajstić information content (AvgIpc) is 2.17. The minimum absolute atomic E-state index is 0.449. The third kappa shape index (κ3) is 1.95. The van der Waals surface area contributed by atoms with Gasteiger partial charge in [-0.05, 0) is 25.2 Å². The van der Waals surface area contributed by atoms with E-state index in [1.807, 2.05) is 0 Å². The molecule has 0 heterocycles. The summed E-state index contributed by atoms with van der Waals surface area (Å²) in [6, 6.07) is 0.449. The number of nitrogens with two attached hydrogens (primary N) is 1. The second-order valence-corrected chi connectivity index (χ2v) is 2.89. The molecule has 2 nitrogen and oxygen atoms in total. The van der Waals surface area contributed by atoms with Crippen LogP contribution in [0.25, 0.3) is 0 Å². The van der Waals surface area contributed by atoms with Gasteiger partial charge in [0.2, 0.25) is 0 Å². The van der Waals surface area contributed by atoms with Gasteiger partial charge in [0.15, 0.2) is 0 Å². The monoisotopic (exact) mass is 129 g/mol. The molecule has 1 aliphatic carbocycles. The normalized spacial score (nSPS) is 35.3. The summed E-state index contributed by atoms with van der Waals surface area (Å²) in [6.45, 7) is 0.897. The lowest BCUT2D eigenvalue weighted by Crippen LogP contribution is -2.15. The molecule has 2 heteroatoms. The highest BCUT2D eigenvalue weighted by Crippen LogP contribution is 2.23. The Bertz CT molecular complexity index is 83.0. The highest BCUT2D eigenvalue weighted by molar-refractivity contribution is 4.76. The van der Waals surface area contributed by atoms with Gasteiger partial charge in [-0.2, -0.15) is 0 Å². The molecule has 9 heavy (non-hydrogen) atoms. The molecule has 0 amide bonds. The van der Waals surface area contributed by atoms with Gasteiger partial charge in [-0.25, -0.2) is 0 Å². The fraction of sp³-hybridized carbons (Fsp3) is 1.00. The molecule has 1 rings (SSSR count). The summed E-state index contributed by atoms with van der Waals surface area (Å²) >= 11 is 0. The zero-order chi connectivity index (χ0) is 6.69. The van der Waals surface area contributed by atoms with Gasteiger partial charge >= 0.3 is 0 Å². The highest BCUT2D eigenvalue weighted by atomic mass is 16.5. The molecule has 0 saturated heterocycles. The van der Waals surface area contributed by atoms with Crippen LogP contribution in [0.1, 0.15) is 19.3 Å². The molecular formula is C7H15NO. The van der Waals surface area contributed by atoms with E-state index in [-0.39, 0.29) is 0 Å². The summed E-state index contributed by atoms with van der Waals surface area (Å²) in [5.41, 5.74) is 5.70. The fourth-order valence-electron chi connectivity index (χ4n) is 1.50. The Labute approximate surface area is 56.4 Å². The van der Waals surface area contributed by atoms with E-state index in [1.165, 1.54) is 12.8 Å². The lowest BCUT2D eigenvalue weighted by molar-refractivity contribution is 0.154. The van der Waals surface area contributed by atoms with Crippen LogP contribution in [-0.4, -0.2) is 19.8 Å². The van der Waals surface area contributed by atoms with Crippen LogP contribution in [0.2, 0.25) is 0 Å². The Morgan fingerprint density at radius 2 is 2.33 bits per heavy atom. The SMILES string of the molecule is COC[C@H]1CC[C@H](N)C1. The largest absolute Gasteiger partial charge is 0.384 e. The second kappa shape index (κ2) is 3.18. The molecule has 0 aromatic heterocycles. The van der Waals surface area contributed by atoms with Gasteiger partial charge in [-0.3, -0.25) is 0 Å². The van der Waals surface area contributed by atoms with Crippen LogP contribution in [0, 0.1) is 5.92 Å². The molecule has 0 unspecified atom stereocenters. The van der Waals surface area contributed by atoms with Gasteiger partial charge < -0.3 is 10.5 Å². The van der Waals surface area contributed by atoms with Crippen molar-refractivity contribution in [3.05, 3.63) is 0 Å². The second-order valence-electron chi connectivity index (χ2n) is 2.89. The van der Waals surface area contributed by atoms with Crippen molar-refractivity contribution in [1.29, 1.82) is 0 Å². The van der Waals surface area contributed by atoms with Crippen LogP contribution in [0.5, 0.6) is 0 Å². The molecule has 0 aromatic carbocycles. The van der Waals surface area contributed by atoms with E-state index in [4.69, 9.17) is 10.5 Å². The Hall–Kier alpha value is -0.0800. The van der Waals surface area contributed by atoms with Gasteiger partial charge in [0.1, 0.15) is 0 Å². The molecule has 0 bridgehead atoms. The lowest BCUT2D eigenvalue weighted by atomic mass is 10.1. The van der Waals surface area contributed by atoms with Crippen LogP contribution < -0.4 is 5.73 Å². The van der Waals surface area contributed by atoms with E-state index in [0.717, 1.165) is 18.9 Å². The molecule has 0 aliphatic heterocycles. The van der Waals surface area contributed by atoms with Crippen LogP contribution in [-0.2, 0) is 4.74 Å². The van der Waals surface area contributed by atoms with E-state index < -0.39 is 0 Å². The van der Waals surface area contributed by atoms with Crippen LogP contribution in [0.15, 0.2) is 0 Å². The molecule has 0 aromatic rings. The van der Waals surface area contributed by atoms with Crippen molar-refractivity contribution in [2.45, 2.75) is 25.3 Å². The van der Waals surface area contributed by atoms with Crippen LogP contribution >= 0.6 is 0 Å². The van der Waals surface area contributed by atoms with Crippen molar-refractivity contribution >= 4 is 0 Å². The van der Waals surface area contributed by atoms with Crippen LogP contribution in [0.3, 0.4) is 0 Å². The number of ether oxygens (including phenoxy) is 1. The minimum atomic E-state index is 0.449. The maximum atomic E-state index is 5.70. The molecule has 1 saturated carbocycles. The smallest absolute Gasteiger partial charge is 0.0491 e. The first-order chi connectivity index (χ1) is 4.33. The Balaban J connectivity index is 2.14. The number of hydrogen-bond donors (Lipinski definition) is 1. The van der Waals surface area contributed by atoms with E-state index >= 15 is 0 Å². The molecule has 2 N–H and O–H groups in total. The first-order valence-corrected chi connectivity index (χ1v) is 3.57. The Kier molecular flexibility index (Phi) is 2.49. The fourth-order valence-corrected chi connectivity index (χ4v) is 1.50. The van der Waals surface area contributed by atoms with Gasteiger partial charge in [-0.15, -0.1) is 0 Å². The average molecular weight is 129 g/mol. The quantitative estimate of drug-likeness (QED) is 0.597. The number of rotatable bonds is 2. The third-order valence-electron chi connectivity index (χ3n) is 1.98. The van der Waals surface area contributed by atoms with E-state index in [0.29, 0.717) is 6.04 Å². The van der Waals surface area contributed by atoms with E-state index in [9.17, 15) is 0 Å². The first kappa shape index (κ1) is 7.03. The molecule has 0 radical (unpaired) electrons. The molecule has 1 aliphatic rings. The third-order valence-corrected chi connectivity index (χ3v) is 1.98. The lowest BCUT2D eigenvalue weighted by Gasteiger charge is -2.05. The van der Waals surface area contributed by atoms with Crippen molar-refractivity contribution in [2.75, 3.05) is 13.7 Å². The summed E-state index contributed by atoms with van der Waals surface area (Å²) in [7, 11) is 1.75. The van der Waals surface area contributed by atoms with E-state index in [1.54, 1.807) is 7.11 Å². The summed E-state index contributed by atoms with van der Waals surface area (Å²) in [5, 5.41) is 0. The zero-order valence-electron chi connectivity index (χ0n) is 5.97. The van der Waals surface area contributed by atoms with Crippen LogP contribution in [0.4, 0.5) is 0 Å². The molecule has 0 spiro atoms. The maximum Gasteiger partial charge on any atom is 0.0491 e. The van der Waals surface area contributed by atoms with Gasteiger partial charge in [0.05, 0.1) is 0 Å². The van der Waals surface area contributed by atoms with Gasteiger partial charge in [0.25, 0.3) is 0 Å². The van der Waals surface area contributed by atoms with Crippen molar-refractivity contribution in [3.63, 3.8) is 0 Å². The maximum absolute atomic E-state index is 5.70. The highest BCUT2D eigenvalue weighted by Gasteiger charge is 2.20. The predicted octanol–water partition coefficient (Wildman–Crippen LogP) is 0.760. The minimum Gasteiger partial charge on any atom is -0.384 e. The number of methoxy groups -OCH3 is 1. The number of hydrogen-bond acceptors (Lipinski definition) is 2. The summed E-state index contributed by atoms with van der Waals surface area (Å²) in [6.07, 6.45) is 3.61. The summed E-state index contributed by atoms with van der Waals surface area (Å²) < 4.78 is 5.02. The molecule has 1 fully saturated rings. The Morgan fingerprint density at radius 3 is 2.78 bits per heavy atom.